The summed E-state index contributed by atoms with van der Waals surface area (Å²) >= 11 is 0. The summed E-state index contributed by atoms with van der Waals surface area (Å²) in [6.45, 7) is 6.80. The molecule has 0 aliphatic carbocycles. The SMILES string of the molecule is C=CCOc1ccc2ccccc2c1C=Nc1ccc(OCC)cc1. The topological polar surface area (TPSA) is 30.8 Å². The Bertz CT molecular complexity index is 882. The Labute approximate surface area is 148 Å². The van der Waals surface area contributed by atoms with Gasteiger partial charge in [-0.1, -0.05) is 43.0 Å². The summed E-state index contributed by atoms with van der Waals surface area (Å²) in [6.07, 6.45) is 3.60. The molecule has 0 atom stereocenters. The van der Waals surface area contributed by atoms with Crippen LogP contribution in [0, 0.1) is 0 Å². The normalized spacial score (nSPS) is 10.9. The molecular formula is C22H21NO2. The molecule has 0 heterocycles. The molecule has 0 aliphatic heterocycles. The molecule has 25 heavy (non-hydrogen) atoms. The van der Waals surface area contributed by atoms with E-state index in [0.29, 0.717) is 13.2 Å². The van der Waals surface area contributed by atoms with Crippen molar-refractivity contribution in [2.24, 2.45) is 4.99 Å². The van der Waals surface area contributed by atoms with Crippen molar-refractivity contribution in [3.63, 3.8) is 0 Å². The lowest BCUT2D eigenvalue weighted by molar-refractivity contribution is 0.340. The quantitative estimate of drug-likeness (QED) is 0.419. The molecule has 0 aromatic heterocycles. The number of nitrogens with zero attached hydrogens (tertiary/aromatic N) is 1. The highest BCUT2D eigenvalue weighted by atomic mass is 16.5. The molecule has 0 N–H and O–H groups in total. The fourth-order valence-electron chi connectivity index (χ4n) is 2.62. The molecule has 0 saturated heterocycles. The van der Waals surface area contributed by atoms with Gasteiger partial charge in [-0.15, -0.1) is 0 Å². The number of rotatable bonds is 7. The Kier molecular flexibility index (Phi) is 5.47. The Hall–Kier alpha value is -3.07. The van der Waals surface area contributed by atoms with E-state index < -0.39 is 0 Å². The van der Waals surface area contributed by atoms with Gasteiger partial charge in [-0.2, -0.15) is 0 Å². The predicted molar refractivity (Wildman–Crippen MR) is 105 cm³/mol. The van der Waals surface area contributed by atoms with Crippen LogP contribution in [0.5, 0.6) is 11.5 Å². The van der Waals surface area contributed by atoms with Gasteiger partial charge in [-0.3, -0.25) is 4.99 Å². The van der Waals surface area contributed by atoms with Gasteiger partial charge in [-0.25, -0.2) is 0 Å². The maximum Gasteiger partial charge on any atom is 0.129 e. The van der Waals surface area contributed by atoms with Gasteiger partial charge in [0.25, 0.3) is 0 Å². The third-order valence-corrected chi connectivity index (χ3v) is 3.78. The first-order chi connectivity index (χ1) is 12.3. The van der Waals surface area contributed by atoms with Crippen LogP contribution in [0.3, 0.4) is 0 Å². The monoisotopic (exact) mass is 331 g/mol. The zero-order valence-electron chi connectivity index (χ0n) is 14.3. The van der Waals surface area contributed by atoms with E-state index in [4.69, 9.17) is 9.47 Å². The first-order valence-corrected chi connectivity index (χ1v) is 8.34. The van der Waals surface area contributed by atoms with Crippen LogP contribution >= 0.6 is 0 Å². The highest BCUT2D eigenvalue weighted by Crippen LogP contribution is 2.28. The fourth-order valence-corrected chi connectivity index (χ4v) is 2.62. The molecule has 0 bridgehead atoms. The van der Waals surface area contributed by atoms with Gasteiger partial charge in [0.15, 0.2) is 0 Å². The second-order valence-corrected chi connectivity index (χ2v) is 5.48. The largest absolute Gasteiger partial charge is 0.494 e. The molecule has 3 nitrogen and oxygen atoms in total. The fraction of sp³-hybridized carbons (Fsp3) is 0.136. The molecule has 0 unspecified atom stereocenters. The Morgan fingerprint density at radius 1 is 0.960 bits per heavy atom. The van der Waals surface area contributed by atoms with E-state index in [2.05, 4.69) is 29.8 Å². The third kappa shape index (κ3) is 4.07. The molecule has 3 heteroatoms. The smallest absolute Gasteiger partial charge is 0.129 e. The van der Waals surface area contributed by atoms with Gasteiger partial charge in [-0.05, 0) is 48.0 Å². The van der Waals surface area contributed by atoms with E-state index in [9.17, 15) is 0 Å². The standard InChI is InChI=1S/C22H21NO2/c1-3-15-25-22-14-9-17-7-5-6-8-20(17)21(22)16-23-18-10-12-19(13-11-18)24-4-2/h3,5-14,16H,1,4,15H2,2H3. The maximum absolute atomic E-state index is 5.80. The molecule has 3 aromatic rings. The summed E-state index contributed by atoms with van der Waals surface area (Å²) in [4.78, 5) is 4.61. The van der Waals surface area contributed by atoms with Crippen molar-refractivity contribution >= 4 is 22.7 Å². The van der Waals surface area contributed by atoms with Gasteiger partial charge < -0.3 is 9.47 Å². The van der Waals surface area contributed by atoms with Crippen molar-refractivity contribution in [3.05, 3.63) is 78.9 Å². The number of fused-ring (bicyclic) bond motifs is 1. The number of ether oxygens (including phenoxy) is 2. The minimum Gasteiger partial charge on any atom is -0.494 e. The predicted octanol–water partition coefficient (Wildman–Crippen LogP) is 5.55. The molecule has 0 radical (unpaired) electrons. The molecule has 3 aromatic carbocycles. The Morgan fingerprint density at radius 3 is 2.52 bits per heavy atom. The van der Waals surface area contributed by atoms with E-state index >= 15 is 0 Å². The van der Waals surface area contributed by atoms with Crippen LogP contribution in [0.15, 0.2) is 78.3 Å². The minimum absolute atomic E-state index is 0.461. The molecule has 0 saturated carbocycles. The van der Waals surface area contributed by atoms with Crippen molar-refractivity contribution in [3.8, 4) is 11.5 Å². The third-order valence-electron chi connectivity index (χ3n) is 3.78. The molecule has 0 fully saturated rings. The van der Waals surface area contributed by atoms with Gasteiger partial charge in [0.2, 0.25) is 0 Å². The molecule has 126 valence electrons. The molecule has 0 spiro atoms. The minimum atomic E-state index is 0.461. The van der Waals surface area contributed by atoms with Crippen molar-refractivity contribution in [2.45, 2.75) is 6.92 Å². The van der Waals surface area contributed by atoms with Crippen LogP contribution in [0.25, 0.3) is 10.8 Å². The van der Waals surface area contributed by atoms with Crippen LogP contribution in [0.2, 0.25) is 0 Å². The summed E-state index contributed by atoms with van der Waals surface area (Å²) in [5, 5.41) is 2.26. The zero-order chi connectivity index (χ0) is 17.5. The van der Waals surface area contributed by atoms with Gasteiger partial charge in [0.1, 0.15) is 18.1 Å². The molecule has 0 amide bonds. The number of hydrogen-bond donors (Lipinski definition) is 0. The average molecular weight is 331 g/mol. The van der Waals surface area contributed by atoms with Crippen LogP contribution < -0.4 is 9.47 Å². The molecular weight excluding hydrogens is 310 g/mol. The van der Waals surface area contributed by atoms with Crippen LogP contribution in [-0.2, 0) is 0 Å². The summed E-state index contributed by atoms with van der Waals surface area (Å²) < 4.78 is 11.3. The van der Waals surface area contributed by atoms with Crippen LogP contribution in [0.1, 0.15) is 12.5 Å². The zero-order valence-corrected chi connectivity index (χ0v) is 14.3. The van der Waals surface area contributed by atoms with Crippen molar-refractivity contribution < 1.29 is 9.47 Å². The highest BCUT2D eigenvalue weighted by Gasteiger charge is 2.06. The summed E-state index contributed by atoms with van der Waals surface area (Å²) in [6, 6.07) is 20.0. The van der Waals surface area contributed by atoms with Crippen molar-refractivity contribution in [1.29, 1.82) is 0 Å². The summed E-state index contributed by atoms with van der Waals surface area (Å²) in [5.74, 6) is 1.65. The van der Waals surface area contributed by atoms with Crippen molar-refractivity contribution in [2.75, 3.05) is 13.2 Å². The lowest BCUT2D eigenvalue weighted by Gasteiger charge is -2.10. The number of hydrogen-bond acceptors (Lipinski definition) is 3. The van der Waals surface area contributed by atoms with Gasteiger partial charge in [0, 0.05) is 11.8 Å². The van der Waals surface area contributed by atoms with Crippen molar-refractivity contribution in [1.82, 2.24) is 0 Å². The van der Waals surface area contributed by atoms with E-state index in [-0.39, 0.29) is 0 Å². The summed E-state index contributed by atoms with van der Waals surface area (Å²) in [7, 11) is 0. The average Bonchev–Trinajstić information content (AvgIpc) is 2.66. The van der Waals surface area contributed by atoms with E-state index in [0.717, 1.165) is 33.5 Å². The lowest BCUT2D eigenvalue weighted by atomic mass is 10.0. The van der Waals surface area contributed by atoms with Gasteiger partial charge >= 0.3 is 0 Å². The first-order valence-electron chi connectivity index (χ1n) is 8.34. The number of benzene rings is 3. The lowest BCUT2D eigenvalue weighted by Crippen LogP contribution is -1.98. The van der Waals surface area contributed by atoms with E-state index in [1.54, 1.807) is 6.08 Å². The Morgan fingerprint density at radius 2 is 1.76 bits per heavy atom. The van der Waals surface area contributed by atoms with Gasteiger partial charge in [0.05, 0.1) is 12.3 Å². The number of aliphatic imine (C=N–C) groups is 1. The second-order valence-electron chi connectivity index (χ2n) is 5.48. The molecule has 3 rings (SSSR count). The van der Waals surface area contributed by atoms with E-state index in [1.165, 1.54) is 0 Å². The maximum atomic E-state index is 5.80. The second kappa shape index (κ2) is 8.15. The molecule has 0 aliphatic rings. The van der Waals surface area contributed by atoms with Crippen LogP contribution in [-0.4, -0.2) is 19.4 Å². The van der Waals surface area contributed by atoms with E-state index in [1.807, 2.05) is 55.6 Å². The first kappa shape index (κ1) is 16.8. The summed E-state index contributed by atoms with van der Waals surface area (Å²) in [5.41, 5.74) is 1.83. The van der Waals surface area contributed by atoms with Crippen LogP contribution in [0.4, 0.5) is 5.69 Å². The Balaban J connectivity index is 1.96. The highest BCUT2D eigenvalue weighted by molar-refractivity contribution is 6.03.